The summed E-state index contributed by atoms with van der Waals surface area (Å²) >= 11 is 0. The molecule has 0 aromatic rings. The smallest absolute Gasteiger partial charge is 0.191 e. The van der Waals surface area contributed by atoms with Crippen molar-refractivity contribution in [3.63, 3.8) is 0 Å². The maximum Gasteiger partial charge on any atom is 0.191 e. The summed E-state index contributed by atoms with van der Waals surface area (Å²) in [6.45, 7) is 8.99. The Morgan fingerprint density at radius 3 is 2.65 bits per heavy atom. The highest BCUT2D eigenvalue weighted by molar-refractivity contribution is 14.0. The van der Waals surface area contributed by atoms with Crippen LogP contribution in [0, 0.1) is 0 Å². The van der Waals surface area contributed by atoms with Crippen LogP contribution in [0.2, 0.25) is 0 Å². The highest BCUT2D eigenvalue weighted by Gasteiger charge is 2.20. The monoisotopic (exact) mass is 482 g/mol. The Morgan fingerprint density at radius 2 is 1.92 bits per heavy atom. The van der Waals surface area contributed by atoms with E-state index in [1.807, 2.05) is 7.05 Å². The van der Waals surface area contributed by atoms with E-state index in [-0.39, 0.29) is 24.0 Å². The number of aliphatic imine (C=N–C) groups is 1. The van der Waals surface area contributed by atoms with Gasteiger partial charge in [-0.15, -0.1) is 24.0 Å². The minimum Gasteiger partial charge on any atom is -0.381 e. The van der Waals surface area contributed by atoms with E-state index in [0.717, 1.165) is 70.7 Å². The molecule has 2 fully saturated rings. The summed E-state index contributed by atoms with van der Waals surface area (Å²) in [5, 5.41) is 6.83. The zero-order valence-electron chi connectivity index (χ0n) is 16.7. The van der Waals surface area contributed by atoms with Crippen molar-refractivity contribution in [3.8, 4) is 0 Å². The normalized spacial score (nSPS) is 22.7. The molecular weight excluding hydrogens is 443 g/mol. The third kappa shape index (κ3) is 9.19. The van der Waals surface area contributed by atoms with Crippen molar-refractivity contribution >= 4 is 29.9 Å². The number of nitrogens with zero attached hydrogens (tertiary/aromatic N) is 2. The van der Waals surface area contributed by atoms with Crippen LogP contribution in [0.4, 0.5) is 0 Å². The van der Waals surface area contributed by atoms with Crippen molar-refractivity contribution in [2.45, 2.75) is 64.0 Å². The molecule has 2 aliphatic heterocycles. The first kappa shape index (κ1) is 23.9. The molecule has 2 N–H and O–H groups in total. The lowest BCUT2D eigenvalue weighted by molar-refractivity contribution is -0.0320. The molecular formula is C19H39IN4O2. The van der Waals surface area contributed by atoms with E-state index < -0.39 is 0 Å². The van der Waals surface area contributed by atoms with Crippen LogP contribution < -0.4 is 10.6 Å². The summed E-state index contributed by atoms with van der Waals surface area (Å²) in [6.07, 6.45) is 8.82. The molecule has 0 radical (unpaired) electrons. The molecule has 1 unspecified atom stereocenters. The average molecular weight is 482 g/mol. The van der Waals surface area contributed by atoms with Gasteiger partial charge < -0.3 is 20.1 Å². The highest BCUT2D eigenvalue weighted by atomic mass is 127. The number of halogens is 1. The fourth-order valence-corrected chi connectivity index (χ4v) is 3.73. The second-order valence-corrected chi connectivity index (χ2v) is 7.06. The Kier molecular flexibility index (Phi) is 13.7. The zero-order valence-corrected chi connectivity index (χ0v) is 19.0. The number of rotatable bonds is 9. The Balaban J connectivity index is 0.00000338. The molecule has 0 amide bonds. The van der Waals surface area contributed by atoms with E-state index in [9.17, 15) is 0 Å². The van der Waals surface area contributed by atoms with Crippen LogP contribution in [0.25, 0.3) is 0 Å². The summed E-state index contributed by atoms with van der Waals surface area (Å²) < 4.78 is 11.2. The fraction of sp³-hybridized carbons (Fsp3) is 0.947. The molecule has 2 rings (SSSR count). The van der Waals surface area contributed by atoms with Gasteiger partial charge in [-0.3, -0.25) is 9.89 Å². The summed E-state index contributed by atoms with van der Waals surface area (Å²) in [4.78, 5) is 6.95. The summed E-state index contributed by atoms with van der Waals surface area (Å²) in [5.74, 6) is 0.899. The SMILES string of the molecule is CCC1CCCCN1CCNC(=NC)NCCCOC1CCOCC1.I. The first-order valence-electron chi connectivity index (χ1n) is 10.2. The van der Waals surface area contributed by atoms with Gasteiger partial charge in [0, 0.05) is 52.5 Å². The predicted octanol–water partition coefficient (Wildman–Crippen LogP) is 2.62. The van der Waals surface area contributed by atoms with Crippen molar-refractivity contribution in [3.05, 3.63) is 0 Å². The van der Waals surface area contributed by atoms with E-state index >= 15 is 0 Å². The van der Waals surface area contributed by atoms with Crippen LogP contribution >= 0.6 is 24.0 Å². The van der Waals surface area contributed by atoms with Crippen molar-refractivity contribution in [1.29, 1.82) is 0 Å². The van der Waals surface area contributed by atoms with Crippen LogP contribution in [0.1, 0.15) is 51.9 Å². The van der Waals surface area contributed by atoms with Gasteiger partial charge in [0.05, 0.1) is 6.10 Å². The summed E-state index contributed by atoms with van der Waals surface area (Å²) in [6, 6.07) is 0.771. The third-order valence-electron chi connectivity index (χ3n) is 5.27. The largest absolute Gasteiger partial charge is 0.381 e. The zero-order chi connectivity index (χ0) is 17.7. The third-order valence-corrected chi connectivity index (χ3v) is 5.27. The maximum absolute atomic E-state index is 5.90. The van der Waals surface area contributed by atoms with Gasteiger partial charge in [-0.2, -0.15) is 0 Å². The number of piperidine rings is 1. The number of ether oxygens (including phenoxy) is 2. The van der Waals surface area contributed by atoms with Crippen LogP contribution in [-0.4, -0.2) is 76.1 Å². The minimum absolute atomic E-state index is 0. The fourth-order valence-electron chi connectivity index (χ4n) is 3.73. The molecule has 0 aromatic carbocycles. The van der Waals surface area contributed by atoms with E-state index in [1.165, 1.54) is 32.2 Å². The quantitative estimate of drug-likeness (QED) is 0.229. The van der Waals surface area contributed by atoms with Crippen LogP contribution in [0.15, 0.2) is 4.99 Å². The molecule has 26 heavy (non-hydrogen) atoms. The molecule has 2 heterocycles. The lowest BCUT2D eigenvalue weighted by Gasteiger charge is -2.35. The van der Waals surface area contributed by atoms with Gasteiger partial charge in [-0.05, 0) is 45.1 Å². The lowest BCUT2D eigenvalue weighted by Crippen LogP contribution is -2.46. The number of hydrogen-bond donors (Lipinski definition) is 2. The Morgan fingerprint density at radius 1 is 1.15 bits per heavy atom. The predicted molar refractivity (Wildman–Crippen MR) is 119 cm³/mol. The summed E-state index contributed by atoms with van der Waals surface area (Å²) in [5.41, 5.74) is 0. The second-order valence-electron chi connectivity index (χ2n) is 7.06. The van der Waals surface area contributed by atoms with Crippen LogP contribution in [0.5, 0.6) is 0 Å². The van der Waals surface area contributed by atoms with E-state index in [4.69, 9.17) is 9.47 Å². The molecule has 0 aliphatic carbocycles. The van der Waals surface area contributed by atoms with Crippen molar-refractivity contribution in [1.82, 2.24) is 15.5 Å². The highest BCUT2D eigenvalue weighted by Crippen LogP contribution is 2.18. The molecule has 1 atom stereocenters. The Hall–Kier alpha value is -0.120. The van der Waals surface area contributed by atoms with Crippen molar-refractivity contribution in [2.24, 2.45) is 4.99 Å². The minimum atomic E-state index is 0. The van der Waals surface area contributed by atoms with Gasteiger partial charge in [0.2, 0.25) is 0 Å². The molecule has 0 bridgehead atoms. The number of nitrogens with one attached hydrogen (secondary N) is 2. The molecule has 7 heteroatoms. The molecule has 2 aliphatic rings. The first-order chi connectivity index (χ1) is 12.3. The van der Waals surface area contributed by atoms with Crippen LogP contribution in [-0.2, 0) is 9.47 Å². The Bertz CT molecular complexity index is 379. The first-order valence-corrected chi connectivity index (χ1v) is 10.2. The van der Waals surface area contributed by atoms with Crippen molar-refractivity contribution in [2.75, 3.05) is 53.0 Å². The number of likely N-dealkylation sites (tertiary alicyclic amines) is 1. The van der Waals surface area contributed by atoms with E-state index in [1.54, 1.807) is 0 Å². The standard InChI is InChI=1S/C19H38N4O2.HI/c1-3-17-7-4-5-12-23(17)13-11-22-19(20-2)21-10-6-14-25-18-8-15-24-16-9-18;/h17-18H,3-16H2,1-2H3,(H2,20,21,22);1H. The molecule has 154 valence electrons. The van der Waals surface area contributed by atoms with Gasteiger partial charge in [0.15, 0.2) is 5.96 Å². The van der Waals surface area contributed by atoms with E-state index in [2.05, 4.69) is 27.4 Å². The summed E-state index contributed by atoms with van der Waals surface area (Å²) in [7, 11) is 1.84. The molecule has 0 aromatic heterocycles. The van der Waals surface area contributed by atoms with Gasteiger partial charge >= 0.3 is 0 Å². The lowest BCUT2D eigenvalue weighted by atomic mass is 10.0. The average Bonchev–Trinajstić information content (AvgIpc) is 2.67. The van der Waals surface area contributed by atoms with Crippen molar-refractivity contribution < 1.29 is 9.47 Å². The van der Waals surface area contributed by atoms with E-state index in [0.29, 0.717) is 6.10 Å². The van der Waals surface area contributed by atoms with Gasteiger partial charge in [-0.1, -0.05) is 13.3 Å². The second kappa shape index (κ2) is 14.9. The molecule has 6 nitrogen and oxygen atoms in total. The molecule has 0 saturated carbocycles. The topological polar surface area (TPSA) is 58.1 Å². The van der Waals surface area contributed by atoms with Gasteiger partial charge in [-0.25, -0.2) is 0 Å². The number of guanidine groups is 1. The maximum atomic E-state index is 5.90. The van der Waals surface area contributed by atoms with Gasteiger partial charge in [0.1, 0.15) is 0 Å². The van der Waals surface area contributed by atoms with Crippen LogP contribution in [0.3, 0.4) is 0 Å². The molecule has 2 saturated heterocycles. The number of hydrogen-bond acceptors (Lipinski definition) is 4. The van der Waals surface area contributed by atoms with Gasteiger partial charge in [0.25, 0.3) is 0 Å². The molecule has 0 spiro atoms. The Labute approximate surface area is 176 Å².